The van der Waals surface area contributed by atoms with Crippen LogP contribution in [0.1, 0.15) is 37.5 Å². The van der Waals surface area contributed by atoms with Crippen molar-refractivity contribution in [1.82, 2.24) is 34.6 Å². The molecule has 0 fully saturated rings. The van der Waals surface area contributed by atoms with E-state index in [-0.39, 0.29) is 38.6 Å². The molecule has 51 heavy (non-hydrogen) atoms. The zero-order valence-electron chi connectivity index (χ0n) is 27.9. The molecule has 0 saturated carbocycles. The molecule has 4 heterocycles. The van der Waals surface area contributed by atoms with Gasteiger partial charge in [0.2, 0.25) is 0 Å². The number of nitrogens with zero attached hydrogens (tertiary/aromatic N) is 8. The minimum absolute atomic E-state index is 0. The maximum Gasteiger partial charge on any atom is 0.0802 e. The number of aromatic nitrogens is 8. The first-order valence-electron chi connectivity index (χ1n) is 15.4. The van der Waals surface area contributed by atoms with Crippen LogP contribution in [0.3, 0.4) is 0 Å². The summed E-state index contributed by atoms with van der Waals surface area (Å²) in [5.41, 5.74) is 3.61. The van der Waals surface area contributed by atoms with Crippen LogP contribution >= 0.6 is 0 Å². The van der Waals surface area contributed by atoms with Crippen molar-refractivity contribution < 1.29 is 42.3 Å². The second kappa shape index (κ2) is 17.5. The first kappa shape index (κ1) is 38.4. The first-order valence-corrected chi connectivity index (χ1v) is 15.4. The Labute approximate surface area is 307 Å². The average Bonchev–Trinajstić information content (AvgIpc) is 3.88. The Morgan fingerprint density at radius 1 is 0.824 bits per heavy atom. The molecule has 0 unspecified atom stereocenters. The molecule has 0 amide bonds. The average molecular weight is 870 g/mol. The fourth-order valence-electron chi connectivity index (χ4n) is 4.54. The van der Waals surface area contributed by atoms with Gasteiger partial charge in [-0.15, -0.1) is 35.4 Å². The summed E-state index contributed by atoms with van der Waals surface area (Å²) in [7, 11) is 3.69. The second-order valence-corrected chi connectivity index (χ2v) is 12.0. The van der Waals surface area contributed by atoms with Crippen molar-refractivity contribution >= 4 is 0 Å². The molecule has 0 aliphatic rings. The predicted molar refractivity (Wildman–Crippen MR) is 179 cm³/mol. The maximum absolute atomic E-state index is 13.3. The van der Waals surface area contributed by atoms with Crippen LogP contribution in [0, 0.1) is 42.4 Å². The van der Waals surface area contributed by atoms with Crippen LogP contribution in [0.5, 0.6) is 0 Å². The molecule has 0 N–H and O–H groups in total. The van der Waals surface area contributed by atoms with Crippen LogP contribution in [0.25, 0.3) is 22.9 Å². The third kappa shape index (κ3) is 10.8. The van der Waals surface area contributed by atoms with Gasteiger partial charge in [-0.3, -0.25) is 32.3 Å². The van der Waals surface area contributed by atoms with Gasteiger partial charge in [0.1, 0.15) is 0 Å². The van der Waals surface area contributed by atoms with E-state index in [9.17, 15) is 17.6 Å². The van der Waals surface area contributed by atoms with E-state index in [0.717, 1.165) is 35.5 Å². The van der Waals surface area contributed by atoms with E-state index in [2.05, 4.69) is 65.2 Å². The number of benzene rings is 3. The van der Waals surface area contributed by atoms with E-state index in [1.807, 2.05) is 42.5 Å². The number of hydrogen-bond acceptors (Lipinski definition) is 4. The Hall–Kier alpha value is -5.39. The zero-order chi connectivity index (χ0) is 35.7. The third-order valence-electron chi connectivity index (χ3n) is 7.26. The van der Waals surface area contributed by atoms with Gasteiger partial charge in [0.15, 0.2) is 0 Å². The summed E-state index contributed by atoms with van der Waals surface area (Å²) >= 11 is 0. The van der Waals surface area contributed by atoms with Gasteiger partial charge in [-0.2, -0.15) is 21.9 Å². The summed E-state index contributed by atoms with van der Waals surface area (Å²) in [6, 6.07) is 26.4. The topological polar surface area (TPSA) is 79.4 Å². The van der Waals surface area contributed by atoms with Crippen molar-refractivity contribution in [2.45, 2.75) is 39.3 Å². The molecule has 265 valence electrons. The van der Waals surface area contributed by atoms with E-state index in [0.29, 0.717) is 22.8 Å². The molecular formula is C38H33F4IrN8-3. The van der Waals surface area contributed by atoms with Crippen molar-refractivity contribution in [3.8, 4) is 22.9 Å². The summed E-state index contributed by atoms with van der Waals surface area (Å²) < 4.78 is 56.3. The van der Waals surface area contributed by atoms with Crippen molar-refractivity contribution in [1.29, 1.82) is 0 Å². The Morgan fingerprint density at radius 2 is 1.49 bits per heavy atom. The number of hydrogen-bond donors (Lipinski definition) is 0. The minimum atomic E-state index is -0.619. The van der Waals surface area contributed by atoms with Crippen molar-refractivity contribution in [3.63, 3.8) is 0 Å². The van der Waals surface area contributed by atoms with E-state index >= 15 is 0 Å². The number of rotatable bonds is 6. The van der Waals surface area contributed by atoms with Crippen LogP contribution in [-0.2, 0) is 38.6 Å². The first-order chi connectivity index (χ1) is 24.0. The smallest absolute Gasteiger partial charge is 0.0802 e. The van der Waals surface area contributed by atoms with Gasteiger partial charge >= 0.3 is 0 Å². The largest absolute Gasteiger partial charge is 0.417 e. The van der Waals surface area contributed by atoms with Gasteiger partial charge < -0.3 is 10.1 Å². The quantitative estimate of drug-likeness (QED) is 0.102. The van der Waals surface area contributed by atoms with E-state index < -0.39 is 23.3 Å². The summed E-state index contributed by atoms with van der Waals surface area (Å²) in [5.74, 6) is -1.23. The normalized spacial score (nSPS) is 10.7. The maximum atomic E-state index is 13.3. The molecule has 1 radical (unpaired) electrons. The van der Waals surface area contributed by atoms with Gasteiger partial charge in [-0.1, -0.05) is 57.2 Å². The minimum Gasteiger partial charge on any atom is -0.417 e. The van der Waals surface area contributed by atoms with Crippen LogP contribution in [0.4, 0.5) is 17.6 Å². The Balaban J connectivity index is 0.000000175. The van der Waals surface area contributed by atoms with Crippen LogP contribution < -0.4 is 9.78 Å². The molecule has 0 bridgehead atoms. The Morgan fingerprint density at radius 3 is 2.06 bits per heavy atom. The third-order valence-corrected chi connectivity index (χ3v) is 7.26. The molecule has 8 nitrogen and oxygen atoms in total. The van der Waals surface area contributed by atoms with Crippen LogP contribution in [-0.4, -0.2) is 29.5 Å². The predicted octanol–water partition coefficient (Wildman–Crippen LogP) is 7.01. The molecule has 0 spiro atoms. The van der Waals surface area contributed by atoms with Crippen LogP contribution in [0.2, 0.25) is 0 Å². The summed E-state index contributed by atoms with van der Waals surface area (Å²) in [6.45, 7) is 7.06. The van der Waals surface area contributed by atoms with Gasteiger partial charge in [0.25, 0.3) is 0 Å². The van der Waals surface area contributed by atoms with E-state index in [4.69, 9.17) is 0 Å². The Bertz CT molecular complexity index is 2120. The molecule has 0 saturated heterocycles. The van der Waals surface area contributed by atoms with Gasteiger partial charge in [0.05, 0.1) is 24.3 Å². The van der Waals surface area contributed by atoms with Gasteiger partial charge in [-0.05, 0) is 40.6 Å². The Kier molecular flexibility index (Phi) is 13.2. The molecule has 13 heteroatoms. The van der Waals surface area contributed by atoms with E-state index in [1.165, 1.54) is 5.56 Å². The summed E-state index contributed by atoms with van der Waals surface area (Å²) in [4.78, 5) is 8.85. The zero-order valence-corrected chi connectivity index (χ0v) is 30.3. The van der Waals surface area contributed by atoms with Crippen molar-refractivity contribution in [2.75, 3.05) is 0 Å². The molecule has 0 aliphatic heterocycles. The number of pyridine rings is 1. The molecule has 0 aliphatic carbocycles. The fourth-order valence-corrected chi connectivity index (χ4v) is 4.54. The number of halogens is 4. The molecular weight excluding hydrogens is 837 g/mol. The molecule has 3 aromatic carbocycles. The molecule has 7 rings (SSSR count). The van der Waals surface area contributed by atoms with Crippen molar-refractivity contribution in [3.05, 3.63) is 169 Å². The summed E-state index contributed by atoms with van der Waals surface area (Å²) in [5, 5.41) is 12.2. The monoisotopic (exact) mass is 870 g/mol. The van der Waals surface area contributed by atoms with Gasteiger partial charge in [0, 0.05) is 81.8 Å². The van der Waals surface area contributed by atoms with Crippen molar-refractivity contribution in [2.24, 2.45) is 0 Å². The molecule has 0 atom stereocenters. The van der Waals surface area contributed by atoms with E-state index in [1.54, 1.807) is 57.2 Å². The second-order valence-electron chi connectivity index (χ2n) is 12.0. The van der Waals surface area contributed by atoms with Gasteiger partial charge in [-0.25, -0.2) is 4.68 Å². The molecule has 4 aromatic heterocycles. The standard InChI is InChI=1S/C17H17N4.C11H9F2N2.C10H7F2N2.Ir/c1-17(2,3)13-9-10-18-14(11-13)16-19-15(20-21-16)12-7-5-4-6-8-12;1-14-5-2-6-15(14)8-9-3-4-10(12)7-11(9)13;11-9-3-2-8(10(12)6-9)7-14-5-1-4-13-14;/h4-11H,1-3H3;2,4-7H,1,8H2;1,3-6H,7H2;/q3*-1;. The fraction of sp³-hybridized carbons (Fsp3) is 0.158. The van der Waals surface area contributed by atoms with Crippen LogP contribution in [0.15, 0.2) is 110 Å². The SMILES string of the molecule is CC(C)(C)c1ccnc(-c2nc(-c3ccccc3)n[n-]2)c1.Fc1c[c-]c(Cn2cccn2)c(F)c1.[CH2-][n+]1cccn1Cc1[c-]cc(F)cc1F.[Ir]. The molecule has 7 aromatic rings. The summed E-state index contributed by atoms with van der Waals surface area (Å²) in [6.07, 6.45) is 8.59.